The van der Waals surface area contributed by atoms with E-state index in [9.17, 15) is 9.00 Å². The number of anilines is 1. The van der Waals surface area contributed by atoms with Crippen molar-refractivity contribution in [2.24, 2.45) is 0 Å². The normalized spacial score (nSPS) is 15.1. The summed E-state index contributed by atoms with van der Waals surface area (Å²) in [4.78, 5) is 17.6. The summed E-state index contributed by atoms with van der Waals surface area (Å²) in [5, 5.41) is 0. The monoisotopic (exact) mass is 424 g/mol. The molecule has 1 aromatic heterocycles. The van der Waals surface area contributed by atoms with Crippen LogP contribution in [0.4, 0.5) is 5.69 Å². The number of ether oxygens (including phenoxy) is 1. The summed E-state index contributed by atoms with van der Waals surface area (Å²) in [6.07, 6.45) is 0. The molecule has 1 aliphatic rings. The molecule has 7 heteroatoms. The molecule has 1 aliphatic heterocycles. The van der Waals surface area contributed by atoms with Gasteiger partial charge in [-0.1, -0.05) is 30.3 Å². The Labute approximate surface area is 178 Å². The fraction of sp³-hybridized carbons (Fsp3) is 0.261. The van der Waals surface area contributed by atoms with Gasteiger partial charge in [0.15, 0.2) is 5.76 Å². The summed E-state index contributed by atoms with van der Waals surface area (Å²) in [6.45, 7) is 2.64. The van der Waals surface area contributed by atoms with Crippen LogP contribution in [0, 0.1) is 0 Å². The van der Waals surface area contributed by atoms with E-state index >= 15 is 0 Å². The Morgan fingerprint density at radius 2 is 1.67 bits per heavy atom. The number of nitrogens with zero attached hydrogens (tertiary/aromatic N) is 2. The first-order valence-corrected chi connectivity index (χ1v) is 11.2. The van der Waals surface area contributed by atoms with Crippen LogP contribution in [0.5, 0.6) is 5.75 Å². The van der Waals surface area contributed by atoms with E-state index in [-0.39, 0.29) is 11.7 Å². The van der Waals surface area contributed by atoms with Crippen molar-refractivity contribution in [3.8, 4) is 5.75 Å². The van der Waals surface area contributed by atoms with E-state index in [4.69, 9.17) is 9.15 Å². The summed E-state index contributed by atoms with van der Waals surface area (Å²) in [5.74, 6) is 1.79. The third kappa shape index (κ3) is 4.41. The van der Waals surface area contributed by atoms with Crippen LogP contribution in [0.25, 0.3) is 0 Å². The van der Waals surface area contributed by atoms with Gasteiger partial charge in [-0.25, -0.2) is 0 Å². The molecule has 1 saturated heterocycles. The van der Waals surface area contributed by atoms with Gasteiger partial charge < -0.3 is 19.0 Å². The van der Waals surface area contributed by atoms with Crippen LogP contribution in [0.2, 0.25) is 0 Å². The first-order valence-electron chi connectivity index (χ1n) is 9.85. The number of furan rings is 1. The minimum absolute atomic E-state index is 0.133. The van der Waals surface area contributed by atoms with E-state index in [1.54, 1.807) is 24.1 Å². The van der Waals surface area contributed by atoms with E-state index in [1.807, 2.05) is 54.6 Å². The van der Waals surface area contributed by atoms with E-state index in [1.165, 1.54) is 0 Å². The van der Waals surface area contributed by atoms with Gasteiger partial charge in [0, 0.05) is 31.1 Å². The van der Waals surface area contributed by atoms with Crippen molar-refractivity contribution in [2.45, 2.75) is 10.6 Å². The fourth-order valence-corrected chi connectivity index (χ4v) is 4.59. The zero-order valence-corrected chi connectivity index (χ0v) is 17.6. The second-order valence-corrected chi connectivity index (χ2v) is 8.47. The molecule has 0 radical (unpaired) electrons. The van der Waals surface area contributed by atoms with Crippen molar-refractivity contribution in [1.29, 1.82) is 0 Å². The molecule has 0 unspecified atom stereocenters. The average molecular weight is 425 g/mol. The predicted octanol–water partition coefficient (Wildman–Crippen LogP) is 3.56. The van der Waals surface area contributed by atoms with E-state index < -0.39 is 10.8 Å². The molecule has 1 amide bonds. The van der Waals surface area contributed by atoms with Crippen molar-refractivity contribution in [1.82, 2.24) is 4.90 Å². The molecule has 0 aliphatic carbocycles. The number of benzene rings is 2. The molecule has 0 bridgehead atoms. The largest absolute Gasteiger partial charge is 0.495 e. The average Bonchev–Trinajstić information content (AvgIpc) is 3.27. The highest BCUT2D eigenvalue weighted by Gasteiger charge is 2.25. The Hall–Kier alpha value is -3.06. The topological polar surface area (TPSA) is 63.0 Å². The lowest BCUT2D eigenvalue weighted by Gasteiger charge is -2.36. The number of carbonyl (C=O) groups is 1. The van der Waals surface area contributed by atoms with E-state index in [0.717, 1.165) is 29.4 Å². The number of carbonyl (C=O) groups excluding carboxylic acids is 1. The maximum absolute atomic E-state index is 12.8. The molecular formula is C23H24N2O4S. The van der Waals surface area contributed by atoms with E-state index in [0.29, 0.717) is 24.6 Å². The van der Waals surface area contributed by atoms with Gasteiger partial charge in [-0.15, -0.1) is 0 Å². The molecule has 1 atom stereocenters. The Morgan fingerprint density at radius 3 is 2.40 bits per heavy atom. The maximum Gasteiger partial charge on any atom is 0.289 e. The number of para-hydroxylation sites is 2. The lowest BCUT2D eigenvalue weighted by atomic mass is 10.2. The van der Waals surface area contributed by atoms with Crippen molar-refractivity contribution in [3.63, 3.8) is 0 Å². The minimum Gasteiger partial charge on any atom is -0.495 e. The second kappa shape index (κ2) is 9.17. The highest BCUT2D eigenvalue weighted by molar-refractivity contribution is 7.84. The molecule has 4 rings (SSSR count). The smallest absolute Gasteiger partial charge is 0.289 e. The van der Waals surface area contributed by atoms with Gasteiger partial charge in [0.25, 0.3) is 5.91 Å². The highest BCUT2D eigenvalue weighted by Crippen LogP contribution is 2.28. The number of methoxy groups -OCH3 is 1. The number of hydrogen-bond donors (Lipinski definition) is 0. The van der Waals surface area contributed by atoms with Crippen LogP contribution in [0.3, 0.4) is 0 Å². The van der Waals surface area contributed by atoms with Gasteiger partial charge in [0.05, 0.1) is 29.3 Å². The maximum atomic E-state index is 12.8. The van der Waals surface area contributed by atoms with Crippen LogP contribution >= 0.6 is 0 Å². The number of hydrogen-bond acceptors (Lipinski definition) is 5. The van der Waals surface area contributed by atoms with Crippen LogP contribution in [-0.4, -0.2) is 48.3 Å². The molecule has 0 saturated carbocycles. The Morgan fingerprint density at radius 1 is 0.967 bits per heavy atom. The number of rotatable bonds is 6. The van der Waals surface area contributed by atoms with Gasteiger partial charge in [0.2, 0.25) is 0 Å². The fourth-order valence-electron chi connectivity index (χ4n) is 3.55. The molecule has 156 valence electrons. The summed E-state index contributed by atoms with van der Waals surface area (Å²) in [6, 6.07) is 20.6. The molecule has 6 nitrogen and oxygen atoms in total. The summed E-state index contributed by atoms with van der Waals surface area (Å²) < 4.78 is 23.6. The van der Waals surface area contributed by atoms with Gasteiger partial charge in [-0.2, -0.15) is 0 Å². The third-order valence-electron chi connectivity index (χ3n) is 5.14. The predicted molar refractivity (Wildman–Crippen MR) is 116 cm³/mol. The molecule has 3 aromatic rings. The zero-order valence-electron chi connectivity index (χ0n) is 16.8. The number of piperazine rings is 1. The number of amides is 1. The molecule has 1 fully saturated rings. The van der Waals surface area contributed by atoms with Gasteiger partial charge >= 0.3 is 0 Å². The quantitative estimate of drug-likeness (QED) is 0.606. The van der Waals surface area contributed by atoms with E-state index in [2.05, 4.69) is 4.90 Å². The Balaban J connectivity index is 1.36. The Kier molecular flexibility index (Phi) is 6.18. The van der Waals surface area contributed by atoms with Gasteiger partial charge in [-0.3, -0.25) is 9.00 Å². The van der Waals surface area contributed by atoms with Crippen LogP contribution in [0.15, 0.2) is 76.0 Å². The van der Waals surface area contributed by atoms with Crippen molar-refractivity contribution >= 4 is 22.4 Å². The molecular weight excluding hydrogens is 400 g/mol. The van der Waals surface area contributed by atoms with Gasteiger partial charge in [-0.05, 0) is 36.4 Å². The molecule has 0 spiro atoms. The van der Waals surface area contributed by atoms with Crippen LogP contribution < -0.4 is 9.64 Å². The van der Waals surface area contributed by atoms with Crippen molar-refractivity contribution in [2.75, 3.05) is 38.2 Å². The second-order valence-electron chi connectivity index (χ2n) is 7.02. The Bertz CT molecular complexity index is 1030. The molecule has 30 heavy (non-hydrogen) atoms. The first kappa shape index (κ1) is 20.2. The summed E-state index contributed by atoms with van der Waals surface area (Å²) >= 11 is 0. The van der Waals surface area contributed by atoms with Crippen molar-refractivity contribution < 1.29 is 18.2 Å². The standard InChI is InChI=1S/C23H24N2O4S/c1-28-21-10-6-5-9-20(21)24-13-15-25(16-14-24)23(26)22-12-11-18(29-22)17-30(27)19-7-3-2-4-8-19/h2-12H,13-17H2,1H3/t30-/m0/s1. The van der Waals surface area contributed by atoms with Crippen LogP contribution in [0.1, 0.15) is 16.3 Å². The van der Waals surface area contributed by atoms with Gasteiger partial charge in [0.1, 0.15) is 11.5 Å². The summed E-state index contributed by atoms with van der Waals surface area (Å²) in [5.41, 5.74) is 1.04. The zero-order chi connectivity index (χ0) is 20.9. The summed E-state index contributed by atoms with van der Waals surface area (Å²) in [7, 11) is 0.459. The molecule has 0 N–H and O–H groups in total. The highest BCUT2D eigenvalue weighted by atomic mass is 32.2. The SMILES string of the molecule is COc1ccccc1N1CCN(C(=O)c2ccc(C[S@](=O)c3ccccc3)o2)CC1. The first-order chi connectivity index (χ1) is 14.7. The lowest BCUT2D eigenvalue weighted by molar-refractivity contribution is 0.0713. The van der Waals surface area contributed by atoms with Crippen molar-refractivity contribution in [3.05, 3.63) is 78.3 Å². The van der Waals surface area contributed by atoms with Crippen LogP contribution in [-0.2, 0) is 16.6 Å². The lowest BCUT2D eigenvalue weighted by Crippen LogP contribution is -2.48. The minimum atomic E-state index is -1.21. The molecule has 2 heterocycles. The third-order valence-corrected chi connectivity index (χ3v) is 6.49. The molecule has 2 aromatic carbocycles.